The highest BCUT2D eigenvalue weighted by molar-refractivity contribution is 7.89. The van der Waals surface area contributed by atoms with Crippen LogP contribution in [0.3, 0.4) is 0 Å². The van der Waals surface area contributed by atoms with Crippen molar-refractivity contribution in [2.24, 2.45) is 0 Å². The molecule has 1 aromatic rings. The minimum Gasteiger partial charge on any atom is -0.384 e. The summed E-state index contributed by atoms with van der Waals surface area (Å²) in [6.45, 7) is 2.24. The van der Waals surface area contributed by atoms with Crippen molar-refractivity contribution in [1.82, 2.24) is 4.72 Å². The van der Waals surface area contributed by atoms with E-state index in [9.17, 15) is 21.6 Å². The number of sulfonamides is 1. The van der Waals surface area contributed by atoms with Crippen molar-refractivity contribution in [2.45, 2.75) is 36.4 Å². The molecule has 0 unspecified atom stereocenters. The lowest BCUT2D eigenvalue weighted by atomic mass is 10.3. The summed E-state index contributed by atoms with van der Waals surface area (Å²) in [6.07, 6.45) is -5.02. The predicted octanol–water partition coefficient (Wildman–Crippen LogP) is 2.49. The molecule has 0 radical (unpaired) electrons. The highest BCUT2D eigenvalue weighted by Crippen LogP contribution is 2.49. The summed E-state index contributed by atoms with van der Waals surface area (Å²) in [6, 6.07) is 5.90. The maximum absolute atomic E-state index is 12.8. The normalized spacial score (nSPS) is 17.8. The summed E-state index contributed by atoms with van der Waals surface area (Å²) < 4.78 is 64.7. The number of halogens is 3. The van der Waals surface area contributed by atoms with E-state index in [0.717, 1.165) is 0 Å². The van der Waals surface area contributed by atoms with Gasteiger partial charge in [-0.15, -0.1) is 0 Å². The SMILES string of the molecule is CCNc1ccccc1S(=O)(=O)NC1(C(F)(F)F)CC1. The average Bonchev–Trinajstić information content (AvgIpc) is 3.09. The highest BCUT2D eigenvalue weighted by Gasteiger charge is 2.65. The molecule has 4 nitrogen and oxygen atoms in total. The molecule has 1 aliphatic carbocycles. The molecule has 20 heavy (non-hydrogen) atoms. The van der Waals surface area contributed by atoms with Crippen LogP contribution in [0, 0.1) is 0 Å². The van der Waals surface area contributed by atoms with Crippen LogP contribution in [0.25, 0.3) is 0 Å². The Labute approximate surface area is 115 Å². The number of anilines is 1. The van der Waals surface area contributed by atoms with Gasteiger partial charge in [-0.05, 0) is 31.9 Å². The van der Waals surface area contributed by atoms with Crippen molar-refractivity contribution in [3.8, 4) is 0 Å². The van der Waals surface area contributed by atoms with Crippen LogP contribution in [0.2, 0.25) is 0 Å². The van der Waals surface area contributed by atoms with Gasteiger partial charge in [0.15, 0.2) is 0 Å². The first-order valence-electron chi connectivity index (χ1n) is 6.15. The fraction of sp³-hybridized carbons (Fsp3) is 0.500. The van der Waals surface area contributed by atoms with Gasteiger partial charge in [-0.1, -0.05) is 12.1 Å². The molecular weight excluding hydrogens is 293 g/mol. The molecule has 0 amide bonds. The third-order valence-electron chi connectivity index (χ3n) is 3.17. The van der Waals surface area contributed by atoms with Crippen LogP contribution >= 0.6 is 0 Å². The lowest BCUT2D eigenvalue weighted by Crippen LogP contribution is -2.47. The zero-order valence-electron chi connectivity index (χ0n) is 10.8. The molecular formula is C12H15F3N2O2S. The second-order valence-electron chi connectivity index (χ2n) is 4.71. The van der Waals surface area contributed by atoms with E-state index in [1.165, 1.54) is 18.2 Å². The molecule has 2 rings (SSSR count). The number of hydrogen-bond acceptors (Lipinski definition) is 3. The largest absolute Gasteiger partial charge is 0.407 e. The van der Waals surface area contributed by atoms with Crippen LogP contribution in [0.1, 0.15) is 19.8 Å². The van der Waals surface area contributed by atoms with Gasteiger partial charge in [-0.25, -0.2) is 8.42 Å². The van der Waals surface area contributed by atoms with Gasteiger partial charge < -0.3 is 5.32 Å². The average molecular weight is 308 g/mol. The Morgan fingerprint density at radius 1 is 1.25 bits per heavy atom. The Hall–Kier alpha value is -1.28. The molecule has 8 heteroatoms. The first-order chi connectivity index (χ1) is 9.22. The van der Waals surface area contributed by atoms with Crippen molar-refractivity contribution in [1.29, 1.82) is 0 Å². The van der Waals surface area contributed by atoms with Crippen LogP contribution in [0.4, 0.5) is 18.9 Å². The fourth-order valence-corrected chi connectivity index (χ4v) is 3.55. The van der Waals surface area contributed by atoms with Gasteiger partial charge in [0.25, 0.3) is 0 Å². The van der Waals surface area contributed by atoms with Crippen molar-refractivity contribution >= 4 is 15.7 Å². The van der Waals surface area contributed by atoms with Crippen LogP contribution in [-0.4, -0.2) is 26.7 Å². The van der Waals surface area contributed by atoms with Crippen molar-refractivity contribution in [3.05, 3.63) is 24.3 Å². The molecule has 0 spiro atoms. The van der Waals surface area contributed by atoms with E-state index in [2.05, 4.69) is 5.32 Å². The van der Waals surface area contributed by atoms with E-state index >= 15 is 0 Å². The van der Waals surface area contributed by atoms with E-state index in [0.29, 0.717) is 12.2 Å². The Bertz CT molecular complexity index is 595. The molecule has 0 atom stereocenters. The van der Waals surface area contributed by atoms with Crippen LogP contribution in [-0.2, 0) is 10.0 Å². The summed E-state index contributed by atoms with van der Waals surface area (Å²) in [7, 11) is -4.22. The van der Waals surface area contributed by atoms with Gasteiger partial charge in [-0.2, -0.15) is 17.9 Å². The molecule has 0 aliphatic heterocycles. The quantitative estimate of drug-likeness (QED) is 0.878. The molecule has 0 heterocycles. The standard InChI is InChI=1S/C12H15F3N2O2S/c1-2-16-9-5-3-4-6-10(9)20(18,19)17-11(7-8-11)12(13,14)15/h3-6,16-17H,2,7-8H2,1H3. The summed E-state index contributed by atoms with van der Waals surface area (Å²) in [5.74, 6) is 0. The summed E-state index contributed by atoms with van der Waals surface area (Å²) in [5, 5.41) is 2.83. The zero-order chi connectivity index (χ0) is 15.0. The Balaban J connectivity index is 2.33. The minimum atomic E-state index is -4.58. The molecule has 1 aliphatic rings. The van der Waals surface area contributed by atoms with Gasteiger partial charge in [0.1, 0.15) is 10.4 Å². The van der Waals surface area contributed by atoms with Crippen molar-refractivity contribution < 1.29 is 21.6 Å². The third-order valence-corrected chi connectivity index (χ3v) is 4.76. The zero-order valence-corrected chi connectivity index (χ0v) is 11.6. The highest BCUT2D eigenvalue weighted by atomic mass is 32.2. The minimum absolute atomic E-state index is 0.169. The van der Waals surface area contributed by atoms with Crippen LogP contribution in [0.15, 0.2) is 29.2 Å². The van der Waals surface area contributed by atoms with Crippen LogP contribution in [0.5, 0.6) is 0 Å². The van der Waals surface area contributed by atoms with E-state index < -0.39 is 21.7 Å². The summed E-state index contributed by atoms with van der Waals surface area (Å²) in [4.78, 5) is -0.169. The monoisotopic (exact) mass is 308 g/mol. The number of rotatable bonds is 5. The van der Waals surface area contributed by atoms with E-state index in [1.807, 2.05) is 0 Å². The van der Waals surface area contributed by atoms with Gasteiger partial charge >= 0.3 is 6.18 Å². The Morgan fingerprint density at radius 2 is 1.85 bits per heavy atom. The lowest BCUT2D eigenvalue weighted by Gasteiger charge is -2.21. The van der Waals surface area contributed by atoms with Gasteiger partial charge in [0.05, 0.1) is 5.69 Å². The Morgan fingerprint density at radius 3 is 2.35 bits per heavy atom. The number of benzene rings is 1. The second-order valence-corrected chi connectivity index (χ2v) is 6.36. The maximum Gasteiger partial charge on any atom is 0.407 e. The summed E-state index contributed by atoms with van der Waals surface area (Å²) >= 11 is 0. The lowest BCUT2D eigenvalue weighted by molar-refractivity contribution is -0.160. The first-order valence-corrected chi connectivity index (χ1v) is 7.64. The van der Waals surface area contributed by atoms with E-state index in [-0.39, 0.29) is 17.7 Å². The number of nitrogens with one attached hydrogen (secondary N) is 2. The molecule has 2 N–H and O–H groups in total. The fourth-order valence-electron chi connectivity index (χ4n) is 1.92. The first kappa shape index (κ1) is 15.1. The van der Waals surface area contributed by atoms with Gasteiger partial charge in [0.2, 0.25) is 10.0 Å². The maximum atomic E-state index is 12.8. The van der Waals surface area contributed by atoms with Crippen molar-refractivity contribution in [2.75, 3.05) is 11.9 Å². The Kier molecular flexibility index (Phi) is 3.72. The van der Waals surface area contributed by atoms with Crippen molar-refractivity contribution in [3.63, 3.8) is 0 Å². The molecule has 0 aromatic heterocycles. The number of para-hydroxylation sites is 1. The molecule has 1 aromatic carbocycles. The predicted molar refractivity (Wildman–Crippen MR) is 68.9 cm³/mol. The van der Waals surface area contributed by atoms with Crippen LogP contribution < -0.4 is 10.0 Å². The number of alkyl halides is 3. The van der Waals surface area contributed by atoms with E-state index in [4.69, 9.17) is 0 Å². The molecule has 112 valence electrons. The molecule has 1 fully saturated rings. The molecule has 0 bridgehead atoms. The van der Waals surface area contributed by atoms with Gasteiger partial charge in [-0.3, -0.25) is 0 Å². The third kappa shape index (κ3) is 2.76. The van der Waals surface area contributed by atoms with Gasteiger partial charge in [0, 0.05) is 6.54 Å². The number of hydrogen-bond donors (Lipinski definition) is 2. The smallest absolute Gasteiger partial charge is 0.384 e. The molecule has 0 saturated heterocycles. The summed E-state index contributed by atoms with van der Waals surface area (Å²) in [5.41, 5.74) is -2.01. The van der Waals surface area contributed by atoms with E-state index in [1.54, 1.807) is 17.7 Å². The second kappa shape index (κ2) is 4.92. The topological polar surface area (TPSA) is 58.2 Å². The molecule has 1 saturated carbocycles.